The highest BCUT2D eigenvalue weighted by molar-refractivity contribution is 9.10. The molecule has 4 heterocycles. The van der Waals surface area contributed by atoms with E-state index in [-0.39, 0.29) is 29.8 Å². The van der Waals surface area contributed by atoms with Gasteiger partial charge in [0.15, 0.2) is 11.5 Å². The number of nitrogens with zero attached hydrogens (tertiary/aromatic N) is 4. The number of rotatable bonds is 8. The largest absolute Gasteiger partial charge is 0.486 e. The highest BCUT2D eigenvalue weighted by Crippen LogP contribution is 2.32. The number of halogens is 2. The first kappa shape index (κ1) is 39.2. The number of amides is 1. The van der Waals surface area contributed by atoms with Crippen molar-refractivity contribution in [2.75, 3.05) is 32.8 Å². The van der Waals surface area contributed by atoms with Crippen LogP contribution in [0.5, 0.6) is 11.5 Å². The number of carbonyl (C=O) groups is 2. The summed E-state index contributed by atoms with van der Waals surface area (Å²) in [7, 11) is 0. The average Bonchev–Trinajstić information content (AvgIpc) is 3.15. The highest BCUT2D eigenvalue weighted by Gasteiger charge is 2.31. The molecule has 0 aliphatic carbocycles. The van der Waals surface area contributed by atoms with Gasteiger partial charge in [0.05, 0.1) is 26.5 Å². The molecule has 7 rings (SSSR count). The molecule has 0 N–H and O–H groups in total. The number of fused-ring (bicyclic) bond motifs is 3. The standard InChI is InChI=1S/C30H36BrN3O5.C11H8BrNO2/c1-30(2,3)39-29(36)34(20-21-8-9-26-27(18-21)38-17-16-37-26)23-10-12-32(13-11-23)14-15-33-25-7-5-4-6-22(25)19-24(31)28(33)35;12-9-7-8-3-1-2-4-10(8)13(5-6-14)11(9)15/h4-9,18-19,23H,10-17,20H2,1-3H3;1-4,6-7H,5H2. The number of aldehydes is 1. The highest BCUT2D eigenvalue weighted by atomic mass is 79.9. The molecule has 1 saturated heterocycles. The molecule has 0 atom stereocenters. The molecule has 2 aliphatic rings. The van der Waals surface area contributed by atoms with Gasteiger partial charge < -0.3 is 37.9 Å². The van der Waals surface area contributed by atoms with Crippen molar-refractivity contribution < 1.29 is 23.8 Å². The van der Waals surface area contributed by atoms with Gasteiger partial charge in [-0.05, 0) is 118 Å². The summed E-state index contributed by atoms with van der Waals surface area (Å²) in [5, 5.41) is 1.97. The Morgan fingerprint density at radius 1 is 0.815 bits per heavy atom. The molecule has 0 unspecified atom stereocenters. The van der Waals surface area contributed by atoms with Crippen molar-refractivity contribution in [3.63, 3.8) is 0 Å². The predicted molar refractivity (Wildman–Crippen MR) is 217 cm³/mol. The number of pyridine rings is 2. The molecule has 5 aromatic rings. The van der Waals surface area contributed by atoms with Gasteiger partial charge in [-0.25, -0.2) is 4.79 Å². The van der Waals surface area contributed by atoms with Crippen LogP contribution in [0.15, 0.2) is 97.4 Å². The quantitative estimate of drug-likeness (QED) is 0.149. The second kappa shape index (κ2) is 17.3. The number of likely N-dealkylation sites (tertiary alicyclic amines) is 1. The molecule has 3 aromatic carbocycles. The summed E-state index contributed by atoms with van der Waals surface area (Å²) < 4.78 is 21.6. The van der Waals surface area contributed by atoms with E-state index < -0.39 is 5.60 Å². The Hall–Kier alpha value is -4.46. The van der Waals surface area contributed by atoms with Gasteiger partial charge in [-0.2, -0.15) is 0 Å². The van der Waals surface area contributed by atoms with Crippen LogP contribution in [0.4, 0.5) is 4.79 Å². The third-order valence-corrected chi connectivity index (χ3v) is 10.5. The zero-order valence-electron chi connectivity index (χ0n) is 30.6. The summed E-state index contributed by atoms with van der Waals surface area (Å²) in [5.41, 5.74) is 1.92. The average molecular weight is 865 g/mol. The SMILES string of the molecule is CC(C)(C)OC(=O)N(Cc1ccc2c(c1)OCCO2)C1CCN(CCn2c(=O)c(Br)cc3ccccc32)CC1.O=CCn1c(=O)c(Br)cc2ccccc21. The Morgan fingerprint density at radius 3 is 2.00 bits per heavy atom. The lowest BCUT2D eigenvalue weighted by Crippen LogP contribution is -2.49. The number of hydrogen-bond donors (Lipinski definition) is 0. The Kier molecular flexibility index (Phi) is 12.6. The fourth-order valence-corrected chi connectivity index (χ4v) is 7.73. The molecule has 2 aliphatic heterocycles. The summed E-state index contributed by atoms with van der Waals surface area (Å²) in [5.74, 6) is 1.45. The van der Waals surface area contributed by atoms with Crippen molar-refractivity contribution in [1.29, 1.82) is 0 Å². The number of piperidine rings is 1. The molecule has 0 radical (unpaired) electrons. The fourth-order valence-electron chi connectivity index (χ4n) is 6.80. The Bertz CT molecular complexity index is 2260. The molecular weight excluding hydrogens is 820 g/mol. The van der Waals surface area contributed by atoms with Gasteiger partial charge >= 0.3 is 6.09 Å². The number of para-hydroxylation sites is 2. The summed E-state index contributed by atoms with van der Waals surface area (Å²) in [4.78, 5) is 52.7. The van der Waals surface area contributed by atoms with Crippen LogP contribution in [0.25, 0.3) is 21.8 Å². The van der Waals surface area contributed by atoms with E-state index in [4.69, 9.17) is 14.2 Å². The summed E-state index contributed by atoms with van der Waals surface area (Å²) >= 11 is 6.62. The molecule has 1 amide bonds. The smallest absolute Gasteiger partial charge is 0.410 e. The third-order valence-electron chi connectivity index (χ3n) is 9.40. The van der Waals surface area contributed by atoms with E-state index in [2.05, 4.69) is 36.8 Å². The monoisotopic (exact) mass is 862 g/mol. The molecular formula is C41H44Br2N4O7. The first-order valence-electron chi connectivity index (χ1n) is 18.0. The van der Waals surface area contributed by atoms with Crippen molar-refractivity contribution in [1.82, 2.24) is 18.9 Å². The molecule has 0 saturated carbocycles. The number of hydrogen-bond acceptors (Lipinski definition) is 8. The number of benzene rings is 3. The van der Waals surface area contributed by atoms with Gasteiger partial charge in [0.1, 0.15) is 25.1 Å². The first-order chi connectivity index (χ1) is 25.9. The summed E-state index contributed by atoms with van der Waals surface area (Å²) in [6.07, 6.45) is 2.08. The lowest BCUT2D eigenvalue weighted by Gasteiger charge is -2.39. The second-order valence-electron chi connectivity index (χ2n) is 14.3. The minimum Gasteiger partial charge on any atom is -0.486 e. The molecule has 13 heteroatoms. The van der Waals surface area contributed by atoms with E-state index >= 15 is 0 Å². The maximum atomic E-state index is 13.3. The van der Waals surface area contributed by atoms with E-state index in [1.54, 1.807) is 6.07 Å². The minimum absolute atomic E-state index is 0.0147. The van der Waals surface area contributed by atoms with Gasteiger partial charge in [0.25, 0.3) is 11.1 Å². The van der Waals surface area contributed by atoms with Crippen LogP contribution in [-0.2, 0) is 29.2 Å². The van der Waals surface area contributed by atoms with Crippen LogP contribution in [0.2, 0.25) is 0 Å². The topological polar surface area (TPSA) is 112 Å². The third kappa shape index (κ3) is 9.42. The van der Waals surface area contributed by atoms with E-state index in [0.717, 1.165) is 71.9 Å². The molecule has 2 aromatic heterocycles. The van der Waals surface area contributed by atoms with Crippen LogP contribution < -0.4 is 20.6 Å². The van der Waals surface area contributed by atoms with Gasteiger partial charge in [0, 0.05) is 38.8 Å². The zero-order chi connectivity index (χ0) is 38.4. The minimum atomic E-state index is -0.581. The van der Waals surface area contributed by atoms with Crippen LogP contribution in [0.3, 0.4) is 0 Å². The zero-order valence-corrected chi connectivity index (χ0v) is 33.8. The van der Waals surface area contributed by atoms with Crippen LogP contribution >= 0.6 is 31.9 Å². The van der Waals surface area contributed by atoms with Crippen LogP contribution in [0.1, 0.15) is 39.2 Å². The molecule has 54 heavy (non-hydrogen) atoms. The Balaban J connectivity index is 0.000000276. The molecule has 0 bridgehead atoms. The van der Waals surface area contributed by atoms with Crippen LogP contribution in [-0.4, -0.2) is 75.8 Å². The van der Waals surface area contributed by atoms with E-state index in [1.165, 1.54) is 4.57 Å². The van der Waals surface area contributed by atoms with Crippen molar-refractivity contribution in [2.45, 2.75) is 64.9 Å². The number of aromatic nitrogens is 2. The molecule has 284 valence electrons. The number of ether oxygens (including phenoxy) is 3. The van der Waals surface area contributed by atoms with Gasteiger partial charge in [-0.3, -0.25) is 9.59 Å². The lowest BCUT2D eigenvalue weighted by atomic mass is 10.0. The first-order valence-corrected chi connectivity index (χ1v) is 19.6. The summed E-state index contributed by atoms with van der Waals surface area (Å²) in [6.45, 7) is 10.3. The second-order valence-corrected chi connectivity index (χ2v) is 16.0. The Morgan fingerprint density at radius 2 is 1.39 bits per heavy atom. The van der Waals surface area contributed by atoms with Crippen LogP contribution in [0, 0.1) is 0 Å². The lowest BCUT2D eigenvalue weighted by molar-refractivity contribution is -0.108. The van der Waals surface area contributed by atoms with Gasteiger partial charge in [-0.1, -0.05) is 42.5 Å². The van der Waals surface area contributed by atoms with E-state index in [9.17, 15) is 19.2 Å². The summed E-state index contributed by atoms with van der Waals surface area (Å²) in [6, 6.07) is 25.0. The van der Waals surface area contributed by atoms with Gasteiger partial charge in [0.2, 0.25) is 0 Å². The Labute approximate surface area is 330 Å². The maximum Gasteiger partial charge on any atom is 0.410 e. The van der Waals surface area contributed by atoms with Gasteiger partial charge in [-0.15, -0.1) is 0 Å². The maximum absolute atomic E-state index is 13.3. The molecule has 0 spiro atoms. The molecule has 1 fully saturated rings. The predicted octanol–water partition coefficient (Wildman–Crippen LogP) is 7.40. The van der Waals surface area contributed by atoms with E-state index in [1.807, 2.05) is 103 Å². The molecule has 11 nitrogen and oxygen atoms in total. The fraction of sp³-hybridized carbons (Fsp3) is 0.366. The van der Waals surface area contributed by atoms with Crippen molar-refractivity contribution in [3.05, 3.63) is 114 Å². The van der Waals surface area contributed by atoms with Crippen molar-refractivity contribution in [2.24, 2.45) is 0 Å². The van der Waals surface area contributed by atoms with Crippen molar-refractivity contribution in [3.8, 4) is 11.5 Å². The van der Waals surface area contributed by atoms with E-state index in [0.29, 0.717) is 41.0 Å². The van der Waals surface area contributed by atoms with Crippen molar-refractivity contribution >= 4 is 66.0 Å². The number of carbonyl (C=O) groups excluding carboxylic acids is 2. The normalized spacial score (nSPS) is 14.7.